The molecule has 1 aromatic heterocycles. The van der Waals surface area contributed by atoms with Gasteiger partial charge in [0.25, 0.3) is 0 Å². The number of fused-ring (bicyclic) bond motifs is 4. The molecule has 1 N–H and O–H groups in total. The molecule has 2 aromatic carbocycles. The lowest BCUT2D eigenvalue weighted by molar-refractivity contribution is 0.460. The first-order chi connectivity index (χ1) is 14.7. The molecular weight excluding hydrogens is 436 g/mol. The third kappa shape index (κ3) is 3.14. The van der Waals surface area contributed by atoms with E-state index in [1.54, 1.807) is 0 Å². The maximum atomic E-state index is 4.95. The number of hydrogen-bond acceptors (Lipinski definition) is 4. The van der Waals surface area contributed by atoms with Gasteiger partial charge in [-0.2, -0.15) is 0 Å². The molecule has 3 unspecified atom stereocenters. The Balaban J connectivity index is 1.37. The van der Waals surface area contributed by atoms with Crippen LogP contribution in [0.1, 0.15) is 47.8 Å². The second-order valence-corrected chi connectivity index (χ2v) is 10.0. The van der Waals surface area contributed by atoms with Gasteiger partial charge in [0.05, 0.1) is 5.69 Å². The second kappa shape index (κ2) is 7.31. The molecule has 3 aliphatic rings. The van der Waals surface area contributed by atoms with Crippen molar-refractivity contribution in [1.82, 2.24) is 15.3 Å². The summed E-state index contributed by atoms with van der Waals surface area (Å²) in [6.07, 6.45) is 5.82. The minimum absolute atomic E-state index is 0.501. The first-order valence-electron chi connectivity index (χ1n) is 11.2. The number of rotatable bonds is 2. The van der Waals surface area contributed by atoms with Crippen LogP contribution in [0.5, 0.6) is 0 Å². The minimum Gasteiger partial charge on any atom is -0.353 e. The van der Waals surface area contributed by atoms with Crippen molar-refractivity contribution < 1.29 is 0 Å². The van der Waals surface area contributed by atoms with Crippen molar-refractivity contribution in [2.45, 2.75) is 57.0 Å². The summed E-state index contributed by atoms with van der Waals surface area (Å²) >= 11 is 3.80. The molecule has 2 fully saturated rings. The predicted molar refractivity (Wildman–Crippen MR) is 125 cm³/mol. The standard InChI is InChI=1S/C25H27BrN4/c1-15-27-23-12-17(20-6-2-4-16-5-3-7-22(26)24(16)20)8-11-21(23)25(28-15)30-13-18-9-10-19(14-30)29-18/h2-7,17-19,29H,8-14H2,1H3. The fraction of sp³-hybridized carbons (Fsp3) is 0.440. The lowest BCUT2D eigenvalue weighted by Crippen LogP contribution is -2.51. The van der Waals surface area contributed by atoms with Gasteiger partial charge in [-0.1, -0.05) is 46.3 Å². The highest BCUT2D eigenvalue weighted by Crippen LogP contribution is 2.40. The average molecular weight is 463 g/mol. The van der Waals surface area contributed by atoms with Gasteiger partial charge in [-0.05, 0) is 67.3 Å². The highest BCUT2D eigenvalue weighted by molar-refractivity contribution is 9.10. The normalized spacial score (nSPS) is 25.5. The van der Waals surface area contributed by atoms with E-state index in [0.29, 0.717) is 18.0 Å². The lowest BCUT2D eigenvalue weighted by atomic mass is 9.80. The Morgan fingerprint density at radius 3 is 2.57 bits per heavy atom. The van der Waals surface area contributed by atoms with Gasteiger partial charge in [-0.25, -0.2) is 9.97 Å². The highest BCUT2D eigenvalue weighted by atomic mass is 79.9. The minimum atomic E-state index is 0.501. The largest absolute Gasteiger partial charge is 0.353 e. The summed E-state index contributed by atoms with van der Waals surface area (Å²) in [6.45, 7) is 4.22. The summed E-state index contributed by atoms with van der Waals surface area (Å²) in [5.74, 6) is 2.63. The lowest BCUT2D eigenvalue weighted by Gasteiger charge is -2.36. The molecule has 1 aliphatic carbocycles. The van der Waals surface area contributed by atoms with Crippen LogP contribution in [0.15, 0.2) is 40.9 Å². The number of halogens is 1. The van der Waals surface area contributed by atoms with E-state index in [9.17, 15) is 0 Å². The van der Waals surface area contributed by atoms with Crippen LogP contribution in [0.4, 0.5) is 5.82 Å². The zero-order valence-corrected chi connectivity index (χ0v) is 19.0. The summed E-state index contributed by atoms with van der Waals surface area (Å²) in [5.41, 5.74) is 4.12. The van der Waals surface area contributed by atoms with Crippen LogP contribution in [-0.2, 0) is 12.8 Å². The SMILES string of the molecule is Cc1nc2c(c(N3CC4CCC(C3)N4)n1)CCC(c1cccc3cccc(Br)c13)C2. The number of nitrogens with zero attached hydrogens (tertiary/aromatic N) is 3. The predicted octanol–water partition coefficient (Wildman–Crippen LogP) is 4.91. The Labute approximate surface area is 186 Å². The summed E-state index contributed by atoms with van der Waals surface area (Å²) in [5, 5.41) is 6.41. The van der Waals surface area contributed by atoms with Gasteiger partial charge in [0, 0.05) is 35.2 Å². The number of aryl methyl sites for hydroxylation is 1. The monoisotopic (exact) mass is 462 g/mol. The van der Waals surface area contributed by atoms with Crippen molar-refractivity contribution in [3.8, 4) is 0 Å². The molecule has 154 valence electrons. The van der Waals surface area contributed by atoms with E-state index >= 15 is 0 Å². The van der Waals surface area contributed by atoms with Crippen molar-refractivity contribution in [3.63, 3.8) is 0 Å². The van der Waals surface area contributed by atoms with E-state index in [4.69, 9.17) is 9.97 Å². The molecule has 5 heteroatoms. The second-order valence-electron chi connectivity index (χ2n) is 9.19. The summed E-state index contributed by atoms with van der Waals surface area (Å²) in [6, 6.07) is 14.5. The van der Waals surface area contributed by atoms with Crippen molar-refractivity contribution in [1.29, 1.82) is 0 Å². The third-order valence-corrected chi connectivity index (χ3v) is 7.87. The molecule has 0 radical (unpaired) electrons. The van der Waals surface area contributed by atoms with E-state index < -0.39 is 0 Å². The smallest absolute Gasteiger partial charge is 0.135 e. The van der Waals surface area contributed by atoms with Gasteiger partial charge < -0.3 is 10.2 Å². The molecule has 3 atom stereocenters. The van der Waals surface area contributed by atoms with Crippen LogP contribution in [-0.4, -0.2) is 35.1 Å². The van der Waals surface area contributed by atoms with E-state index in [2.05, 4.69) is 69.5 Å². The molecule has 0 spiro atoms. The molecule has 0 saturated carbocycles. The van der Waals surface area contributed by atoms with E-state index in [1.807, 2.05) is 0 Å². The fourth-order valence-electron chi connectivity index (χ4n) is 5.88. The van der Waals surface area contributed by atoms with Crippen molar-refractivity contribution in [3.05, 3.63) is 63.5 Å². The molecule has 3 heterocycles. The molecular formula is C25H27BrN4. The number of nitrogens with one attached hydrogen (secondary N) is 1. The van der Waals surface area contributed by atoms with Gasteiger partial charge in [-0.3, -0.25) is 0 Å². The number of benzene rings is 2. The Morgan fingerprint density at radius 1 is 1.00 bits per heavy atom. The summed E-state index contributed by atoms with van der Waals surface area (Å²) < 4.78 is 1.19. The average Bonchev–Trinajstić information content (AvgIpc) is 3.10. The van der Waals surface area contributed by atoms with Crippen LogP contribution in [0.25, 0.3) is 10.8 Å². The molecule has 0 amide bonds. The summed E-state index contributed by atoms with van der Waals surface area (Å²) in [4.78, 5) is 12.4. The van der Waals surface area contributed by atoms with Gasteiger partial charge in [0.1, 0.15) is 11.6 Å². The van der Waals surface area contributed by atoms with Crippen LogP contribution >= 0.6 is 15.9 Å². The fourth-order valence-corrected chi connectivity index (χ4v) is 6.49. The molecule has 4 nitrogen and oxygen atoms in total. The van der Waals surface area contributed by atoms with Crippen LogP contribution in [0, 0.1) is 6.92 Å². The molecule has 30 heavy (non-hydrogen) atoms. The first kappa shape index (κ1) is 18.8. The van der Waals surface area contributed by atoms with Crippen LogP contribution in [0.2, 0.25) is 0 Å². The molecule has 2 aliphatic heterocycles. The maximum absolute atomic E-state index is 4.95. The third-order valence-electron chi connectivity index (χ3n) is 7.21. The zero-order valence-electron chi connectivity index (χ0n) is 17.4. The Hall–Kier alpha value is -1.98. The topological polar surface area (TPSA) is 41.1 Å². The molecule has 3 aromatic rings. The Kier molecular flexibility index (Phi) is 4.57. The van der Waals surface area contributed by atoms with Gasteiger partial charge in [-0.15, -0.1) is 0 Å². The van der Waals surface area contributed by atoms with Gasteiger partial charge in [0.15, 0.2) is 0 Å². The molecule has 2 bridgehead atoms. The number of aromatic nitrogens is 2. The molecule has 6 rings (SSSR count). The van der Waals surface area contributed by atoms with Crippen molar-refractivity contribution >= 4 is 32.5 Å². The Bertz CT molecular complexity index is 1110. The number of hydrogen-bond donors (Lipinski definition) is 1. The highest BCUT2D eigenvalue weighted by Gasteiger charge is 2.35. The van der Waals surface area contributed by atoms with Crippen LogP contribution in [0.3, 0.4) is 0 Å². The molecule has 2 saturated heterocycles. The summed E-state index contributed by atoms with van der Waals surface area (Å²) in [7, 11) is 0. The van der Waals surface area contributed by atoms with Crippen molar-refractivity contribution in [2.75, 3.05) is 18.0 Å². The van der Waals surface area contributed by atoms with Gasteiger partial charge in [0.2, 0.25) is 0 Å². The van der Waals surface area contributed by atoms with E-state index in [0.717, 1.165) is 38.2 Å². The Morgan fingerprint density at radius 2 is 1.77 bits per heavy atom. The van der Waals surface area contributed by atoms with E-state index in [-0.39, 0.29) is 0 Å². The van der Waals surface area contributed by atoms with Crippen LogP contribution < -0.4 is 10.2 Å². The first-order valence-corrected chi connectivity index (χ1v) is 12.0. The number of piperazine rings is 1. The maximum Gasteiger partial charge on any atom is 0.135 e. The zero-order chi connectivity index (χ0) is 20.2. The quantitative estimate of drug-likeness (QED) is 0.586. The van der Waals surface area contributed by atoms with E-state index in [1.165, 1.54) is 50.7 Å². The van der Waals surface area contributed by atoms with Crippen molar-refractivity contribution in [2.24, 2.45) is 0 Å². The number of anilines is 1. The van der Waals surface area contributed by atoms with Gasteiger partial charge >= 0.3 is 0 Å².